The van der Waals surface area contributed by atoms with Crippen LogP contribution in [0.5, 0.6) is 5.75 Å². The van der Waals surface area contributed by atoms with Gasteiger partial charge in [0.25, 0.3) is 0 Å². The van der Waals surface area contributed by atoms with Gasteiger partial charge in [0, 0.05) is 41.4 Å². The summed E-state index contributed by atoms with van der Waals surface area (Å²) in [6.45, 7) is 9.59. The van der Waals surface area contributed by atoms with E-state index >= 15 is 0 Å². The smallest absolute Gasteiger partial charge is 0.193 e. The van der Waals surface area contributed by atoms with Crippen LogP contribution in [-0.4, -0.2) is 52.8 Å². The number of halogens is 1. The molecule has 0 saturated carbocycles. The normalized spacial score (nSPS) is 13.5. The zero-order valence-electron chi connectivity index (χ0n) is 16.1. The maximum absolute atomic E-state index is 13.8. The molecule has 0 aliphatic carbocycles. The summed E-state index contributed by atoms with van der Waals surface area (Å²) in [7, 11) is 2.41. The predicted molar refractivity (Wildman–Crippen MR) is 103 cm³/mol. The molecule has 0 aliphatic heterocycles. The van der Waals surface area contributed by atoms with E-state index in [4.69, 9.17) is 4.74 Å². The molecule has 0 fully saturated rings. The number of rotatable bonds is 7. The molecule has 0 bridgehead atoms. The summed E-state index contributed by atoms with van der Waals surface area (Å²) >= 11 is 0. The Morgan fingerprint density at radius 3 is 2.60 bits per heavy atom. The van der Waals surface area contributed by atoms with Crippen molar-refractivity contribution in [3.63, 3.8) is 0 Å². The van der Waals surface area contributed by atoms with Crippen LogP contribution >= 0.6 is 0 Å². The van der Waals surface area contributed by atoms with Gasteiger partial charge in [0.05, 0.1) is 13.7 Å². The second-order valence-electron chi connectivity index (χ2n) is 6.72. The van der Waals surface area contributed by atoms with Crippen molar-refractivity contribution in [3.8, 4) is 5.75 Å². The minimum atomic E-state index is -0.933. The topological polar surface area (TPSA) is 53.9 Å². The van der Waals surface area contributed by atoms with Gasteiger partial charge < -0.3 is 15.0 Å². The molecular weight excluding hydrogens is 341 g/mol. The Bertz CT molecular complexity index is 615. The zero-order chi connectivity index (χ0) is 19.0. The summed E-state index contributed by atoms with van der Waals surface area (Å²) in [5.74, 6) is 1.08. The van der Waals surface area contributed by atoms with Gasteiger partial charge in [0.1, 0.15) is 0 Å². The van der Waals surface area contributed by atoms with Gasteiger partial charge in [0.15, 0.2) is 17.5 Å². The van der Waals surface area contributed by atoms with Crippen LogP contribution in [0.3, 0.4) is 0 Å². The third-order valence-electron chi connectivity index (χ3n) is 3.55. The van der Waals surface area contributed by atoms with Crippen molar-refractivity contribution in [2.24, 2.45) is 4.99 Å². The number of hydrogen-bond acceptors (Lipinski definition) is 3. The molecule has 0 heterocycles. The third-order valence-corrected chi connectivity index (χ3v) is 5.47. The van der Waals surface area contributed by atoms with E-state index in [0.717, 1.165) is 12.1 Å². The van der Waals surface area contributed by atoms with Crippen LogP contribution in [0.1, 0.15) is 33.3 Å². The molecule has 0 aliphatic rings. The SMILES string of the molecule is CCNC(=NCCS(=O)C(C)(C)C)N(C)Cc1ccc(OC)c(F)c1. The van der Waals surface area contributed by atoms with Crippen molar-refractivity contribution in [1.82, 2.24) is 10.2 Å². The Kier molecular flexibility index (Phi) is 8.35. The molecule has 0 spiro atoms. The number of ether oxygens (including phenoxy) is 1. The lowest BCUT2D eigenvalue weighted by Crippen LogP contribution is -2.39. The second-order valence-corrected chi connectivity index (χ2v) is 9.05. The Morgan fingerprint density at radius 1 is 1.40 bits per heavy atom. The first-order valence-electron chi connectivity index (χ1n) is 8.39. The Labute approximate surface area is 153 Å². The summed E-state index contributed by atoms with van der Waals surface area (Å²) in [5.41, 5.74) is 0.824. The second kappa shape index (κ2) is 9.75. The Hall–Kier alpha value is -1.63. The van der Waals surface area contributed by atoms with Crippen LogP contribution in [0.25, 0.3) is 0 Å². The number of nitrogens with zero attached hydrogens (tertiary/aromatic N) is 2. The molecule has 1 N–H and O–H groups in total. The van der Waals surface area contributed by atoms with Gasteiger partial charge in [-0.2, -0.15) is 0 Å². The molecular formula is C18H30FN3O2S. The van der Waals surface area contributed by atoms with Crippen molar-refractivity contribution in [1.29, 1.82) is 0 Å². The summed E-state index contributed by atoms with van der Waals surface area (Å²) in [4.78, 5) is 6.46. The molecule has 5 nitrogen and oxygen atoms in total. The van der Waals surface area contributed by atoms with Gasteiger partial charge in [-0.1, -0.05) is 6.07 Å². The van der Waals surface area contributed by atoms with Crippen LogP contribution in [0.15, 0.2) is 23.2 Å². The van der Waals surface area contributed by atoms with Crippen molar-refractivity contribution in [2.45, 2.75) is 39.0 Å². The molecule has 1 rings (SSSR count). The largest absolute Gasteiger partial charge is 0.494 e. The van der Waals surface area contributed by atoms with Crippen molar-refractivity contribution < 1.29 is 13.3 Å². The molecule has 0 radical (unpaired) electrons. The molecule has 0 amide bonds. The van der Waals surface area contributed by atoms with Gasteiger partial charge in [-0.25, -0.2) is 4.39 Å². The van der Waals surface area contributed by atoms with Crippen LogP contribution in [0.2, 0.25) is 0 Å². The first-order valence-corrected chi connectivity index (χ1v) is 9.71. The maximum atomic E-state index is 13.8. The van der Waals surface area contributed by atoms with E-state index in [9.17, 15) is 8.60 Å². The number of hydrogen-bond donors (Lipinski definition) is 1. The molecule has 0 saturated heterocycles. The lowest BCUT2D eigenvalue weighted by molar-refractivity contribution is 0.385. The summed E-state index contributed by atoms with van der Waals surface area (Å²) in [5, 5.41) is 3.21. The average molecular weight is 372 g/mol. The summed E-state index contributed by atoms with van der Waals surface area (Å²) in [6.07, 6.45) is 0. The first kappa shape index (κ1) is 21.4. The van der Waals surface area contributed by atoms with Crippen molar-refractivity contribution in [3.05, 3.63) is 29.6 Å². The number of aliphatic imine (C=N–C) groups is 1. The molecule has 1 aromatic rings. The fraction of sp³-hybridized carbons (Fsp3) is 0.611. The van der Waals surface area contributed by atoms with E-state index in [0.29, 0.717) is 24.8 Å². The third kappa shape index (κ3) is 7.02. The highest BCUT2D eigenvalue weighted by Gasteiger charge is 2.18. The highest BCUT2D eigenvalue weighted by Crippen LogP contribution is 2.18. The molecule has 25 heavy (non-hydrogen) atoms. The number of guanidine groups is 1. The molecule has 1 aromatic carbocycles. The van der Waals surface area contributed by atoms with E-state index < -0.39 is 10.8 Å². The van der Waals surface area contributed by atoms with Gasteiger partial charge in [-0.05, 0) is 45.4 Å². The maximum Gasteiger partial charge on any atom is 0.193 e. The fourth-order valence-electron chi connectivity index (χ4n) is 2.17. The van der Waals surface area contributed by atoms with Crippen LogP contribution in [-0.2, 0) is 17.3 Å². The first-order chi connectivity index (χ1) is 11.7. The molecule has 0 aromatic heterocycles. The van der Waals surface area contributed by atoms with E-state index in [2.05, 4.69) is 10.3 Å². The van der Waals surface area contributed by atoms with Crippen molar-refractivity contribution >= 4 is 16.8 Å². The predicted octanol–water partition coefficient (Wildman–Crippen LogP) is 2.78. The summed E-state index contributed by atoms with van der Waals surface area (Å²) in [6, 6.07) is 4.92. The van der Waals surface area contributed by atoms with E-state index in [-0.39, 0.29) is 16.3 Å². The van der Waals surface area contributed by atoms with E-state index in [1.807, 2.05) is 45.7 Å². The standard InChI is InChI=1S/C18H30FN3O2S/c1-7-20-17(21-10-11-25(23)18(2,3)4)22(5)13-14-8-9-16(24-6)15(19)12-14/h8-9,12H,7,10-11,13H2,1-6H3,(H,20,21). The monoisotopic (exact) mass is 371 g/mol. The van der Waals surface area contributed by atoms with Gasteiger partial charge in [-0.15, -0.1) is 0 Å². The van der Waals surface area contributed by atoms with Crippen LogP contribution < -0.4 is 10.1 Å². The number of methoxy groups -OCH3 is 1. The average Bonchev–Trinajstić information content (AvgIpc) is 2.53. The number of nitrogens with one attached hydrogen (secondary N) is 1. The minimum absolute atomic E-state index is 0.233. The highest BCUT2D eigenvalue weighted by molar-refractivity contribution is 7.86. The molecule has 7 heteroatoms. The fourth-order valence-corrected chi connectivity index (χ4v) is 3.04. The quantitative estimate of drug-likeness (QED) is 0.591. The highest BCUT2D eigenvalue weighted by atomic mass is 32.2. The van der Waals surface area contributed by atoms with Crippen molar-refractivity contribution in [2.75, 3.05) is 33.0 Å². The lowest BCUT2D eigenvalue weighted by Gasteiger charge is -2.23. The van der Waals surface area contributed by atoms with E-state index in [1.54, 1.807) is 6.07 Å². The lowest BCUT2D eigenvalue weighted by atomic mass is 10.2. The Balaban J connectivity index is 2.75. The molecule has 1 atom stereocenters. The number of benzene rings is 1. The van der Waals surface area contributed by atoms with Gasteiger partial charge >= 0.3 is 0 Å². The van der Waals surface area contributed by atoms with Crippen LogP contribution in [0, 0.1) is 5.82 Å². The zero-order valence-corrected chi connectivity index (χ0v) is 16.9. The van der Waals surface area contributed by atoms with Gasteiger partial charge in [0.2, 0.25) is 0 Å². The van der Waals surface area contributed by atoms with Gasteiger partial charge in [-0.3, -0.25) is 9.20 Å². The molecule has 142 valence electrons. The van der Waals surface area contributed by atoms with E-state index in [1.165, 1.54) is 13.2 Å². The minimum Gasteiger partial charge on any atom is -0.494 e. The Morgan fingerprint density at radius 2 is 2.08 bits per heavy atom. The molecule has 1 unspecified atom stereocenters. The van der Waals surface area contributed by atoms with Crippen LogP contribution in [0.4, 0.5) is 4.39 Å². The summed E-state index contributed by atoms with van der Waals surface area (Å²) < 4.78 is 30.7.